The predicted octanol–water partition coefficient (Wildman–Crippen LogP) is 5.71. The first-order chi connectivity index (χ1) is 25.5. The van der Waals surface area contributed by atoms with Gasteiger partial charge in [-0.15, -0.1) is 0 Å². The highest BCUT2D eigenvalue weighted by Crippen LogP contribution is 2.37. The molecule has 7 rings (SSSR count). The van der Waals surface area contributed by atoms with Crippen LogP contribution in [0.25, 0.3) is 15.6 Å². The molecule has 0 radical (unpaired) electrons. The Balaban J connectivity index is 1.19. The van der Waals surface area contributed by atoms with Gasteiger partial charge in [0, 0.05) is 56.5 Å². The molecule has 14 heteroatoms. The van der Waals surface area contributed by atoms with Gasteiger partial charge in [0.05, 0.1) is 35.8 Å². The van der Waals surface area contributed by atoms with Gasteiger partial charge in [0.25, 0.3) is 0 Å². The van der Waals surface area contributed by atoms with Crippen LogP contribution in [0.15, 0.2) is 36.4 Å². The van der Waals surface area contributed by atoms with Crippen molar-refractivity contribution in [2.75, 3.05) is 62.8 Å². The third-order valence-corrected chi connectivity index (χ3v) is 10.8. The fraction of sp³-hybridized carbons (Fsp3) is 0.564. The lowest BCUT2D eigenvalue weighted by Gasteiger charge is -2.41. The minimum absolute atomic E-state index is 0.00967. The number of amides is 2. The lowest BCUT2D eigenvalue weighted by atomic mass is 10.0. The molecule has 0 N–H and O–H groups in total. The normalized spacial score (nSPS) is 23.6. The molecule has 13 nitrogen and oxygen atoms in total. The number of aromatic nitrogens is 2. The molecule has 3 fully saturated rings. The SMILES string of the molecule is [C-]#[N+]C[C@H]1CN(c2nc(OC[C@@H]3[C@H](OC4CCCCO4)CC(=O)N3C)nc3c2CCN(c2cccc4cccc(Cl)c24)C3)CCN1C(=O)OC(C)(C)C. The number of hydrogen-bond acceptors (Lipinski definition) is 10. The minimum Gasteiger partial charge on any atom is -0.461 e. The molecule has 4 atom stereocenters. The minimum atomic E-state index is -0.652. The Morgan fingerprint density at radius 1 is 1.09 bits per heavy atom. The molecule has 0 spiro atoms. The van der Waals surface area contributed by atoms with E-state index in [1.807, 2.05) is 39.0 Å². The zero-order valence-corrected chi connectivity index (χ0v) is 31.7. The largest absolute Gasteiger partial charge is 0.461 e. The van der Waals surface area contributed by atoms with Crippen molar-refractivity contribution in [3.8, 4) is 6.01 Å². The molecule has 5 heterocycles. The van der Waals surface area contributed by atoms with Crippen LogP contribution in [0.3, 0.4) is 0 Å². The number of hydrogen-bond donors (Lipinski definition) is 0. The van der Waals surface area contributed by atoms with Crippen LogP contribution < -0.4 is 14.5 Å². The monoisotopic (exact) mass is 745 g/mol. The summed E-state index contributed by atoms with van der Waals surface area (Å²) in [6.45, 7) is 16.6. The summed E-state index contributed by atoms with van der Waals surface area (Å²) in [4.78, 5) is 47.5. The van der Waals surface area contributed by atoms with Crippen LogP contribution in [0.2, 0.25) is 5.02 Å². The Labute approximate surface area is 315 Å². The van der Waals surface area contributed by atoms with Gasteiger partial charge in [-0.3, -0.25) is 9.69 Å². The molecule has 53 heavy (non-hydrogen) atoms. The van der Waals surface area contributed by atoms with Gasteiger partial charge in [-0.2, -0.15) is 9.97 Å². The summed E-state index contributed by atoms with van der Waals surface area (Å²) in [5.41, 5.74) is 2.22. The maximum absolute atomic E-state index is 13.2. The van der Waals surface area contributed by atoms with Gasteiger partial charge < -0.3 is 38.5 Å². The van der Waals surface area contributed by atoms with Gasteiger partial charge in [0.15, 0.2) is 6.29 Å². The molecule has 0 aliphatic carbocycles. The fourth-order valence-electron chi connectivity index (χ4n) is 7.75. The second-order valence-corrected chi connectivity index (χ2v) is 15.6. The van der Waals surface area contributed by atoms with Crippen LogP contribution in [-0.2, 0) is 32.0 Å². The molecule has 0 bridgehead atoms. The maximum atomic E-state index is 13.2. The summed E-state index contributed by atoms with van der Waals surface area (Å²) >= 11 is 6.76. The van der Waals surface area contributed by atoms with E-state index in [2.05, 4.69) is 32.8 Å². The Hall–Kier alpha value is -4.38. The lowest BCUT2D eigenvalue weighted by Crippen LogP contribution is -2.57. The smallest absolute Gasteiger partial charge is 0.410 e. The van der Waals surface area contributed by atoms with Crippen molar-refractivity contribution in [1.82, 2.24) is 19.8 Å². The van der Waals surface area contributed by atoms with E-state index in [1.54, 1.807) is 16.8 Å². The van der Waals surface area contributed by atoms with E-state index >= 15 is 0 Å². The number of fused-ring (bicyclic) bond motifs is 2. The summed E-state index contributed by atoms with van der Waals surface area (Å²) in [7, 11) is 1.77. The van der Waals surface area contributed by atoms with Crippen LogP contribution in [0, 0.1) is 6.57 Å². The molecule has 2 aromatic carbocycles. The van der Waals surface area contributed by atoms with Crippen LogP contribution in [0.4, 0.5) is 16.3 Å². The summed E-state index contributed by atoms with van der Waals surface area (Å²) < 4.78 is 24.3. The number of halogens is 1. The summed E-state index contributed by atoms with van der Waals surface area (Å²) in [5, 5.41) is 2.75. The van der Waals surface area contributed by atoms with Gasteiger partial charge in [-0.1, -0.05) is 35.9 Å². The van der Waals surface area contributed by atoms with Crippen molar-refractivity contribution in [3.63, 3.8) is 0 Å². The number of likely N-dealkylation sites (N-methyl/N-ethyl adjacent to an activating group) is 1. The Kier molecular flexibility index (Phi) is 10.8. The first kappa shape index (κ1) is 37.0. The van der Waals surface area contributed by atoms with E-state index in [0.717, 1.165) is 52.8 Å². The van der Waals surface area contributed by atoms with E-state index in [-0.39, 0.29) is 56.0 Å². The molecule has 282 valence electrons. The van der Waals surface area contributed by atoms with Crippen LogP contribution in [-0.4, -0.2) is 115 Å². The topological polar surface area (TPSA) is 114 Å². The summed E-state index contributed by atoms with van der Waals surface area (Å²) in [5.74, 6) is 0.725. The molecule has 1 unspecified atom stereocenters. The molecule has 3 aromatic rings. The molecule has 4 aliphatic rings. The molecule has 1 aromatic heterocycles. The number of rotatable bonds is 8. The quantitative estimate of drug-likeness (QED) is 0.266. The zero-order valence-electron chi connectivity index (χ0n) is 30.9. The third-order valence-electron chi connectivity index (χ3n) is 10.5. The Morgan fingerprint density at radius 2 is 1.91 bits per heavy atom. The van der Waals surface area contributed by atoms with E-state index in [9.17, 15) is 9.59 Å². The Morgan fingerprint density at radius 3 is 2.66 bits per heavy atom. The van der Waals surface area contributed by atoms with Crippen molar-refractivity contribution in [2.24, 2.45) is 0 Å². The highest BCUT2D eigenvalue weighted by molar-refractivity contribution is 6.36. The fourth-order valence-corrected chi connectivity index (χ4v) is 8.03. The Bertz CT molecular complexity index is 1870. The molecular formula is C39H48ClN7O6. The first-order valence-corrected chi connectivity index (χ1v) is 18.9. The van der Waals surface area contributed by atoms with Crippen molar-refractivity contribution < 1.29 is 28.5 Å². The van der Waals surface area contributed by atoms with Crippen molar-refractivity contribution in [1.29, 1.82) is 0 Å². The lowest BCUT2D eigenvalue weighted by molar-refractivity contribution is -0.193. The second kappa shape index (κ2) is 15.5. The van der Waals surface area contributed by atoms with E-state index in [1.165, 1.54) is 0 Å². The van der Waals surface area contributed by atoms with E-state index in [0.29, 0.717) is 50.8 Å². The number of ether oxygens (including phenoxy) is 4. The number of piperazine rings is 1. The average molecular weight is 746 g/mol. The van der Waals surface area contributed by atoms with Crippen LogP contribution in [0.5, 0.6) is 6.01 Å². The van der Waals surface area contributed by atoms with Crippen LogP contribution >= 0.6 is 11.6 Å². The summed E-state index contributed by atoms with van der Waals surface area (Å²) in [6.07, 6.45) is 2.62. The van der Waals surface area contributed by atoms with Crippen LogP contribution in [0.1, 0.15) is 57.7 Å². The number of likely N-dealkylation sites (tertiary alicyclic amines) is 1. The standard InChI is InChI=1S/C39H48ClN7O6/c1-39(2,3)53-38(49)47-18-17-46(22-26(47)21-41-4)36-27-15-16-45(30-13-9-11-25-10-8-12-28(40)35(25)30)23-29(27)42-37(43-36)51-24-31-32(20-33(48)44(31)5)52-34-14-6-7-19-50-34/h8-13,26,31-32,34H,6-7,14-24H2,1-3,5H3/t26-,31+,32+,34?/m0/s1. The highest BCUT2D eigenvalue weighted by atomic mass is 35.5. The van der Waals surface area contributed by atoms with Gasteiger partial charge in [0.2, 0.25) is 12.5 Å². The predicted molar refractivity (Wildman–Crippen MR) is 201 cm³/mol. The zero-order chi connectivity index (χ0) is 37.3. The van der Waals surface area contributed by atoms with Crippen molar-refractivity contribution in [2.45, 2.75) is 89.5 Å². The molecule has 0 saturated carbocycles. The second-order valence-electron chi connectivity index (χ2n) is 15.2. The van der Waals surface area contributed by atoms with Crippen molar-refractivity contribution in [3.05, 3.63) is 64.1 Å². The number of carbonyl (C=O) groups is 2. The number of nitrogens with zero attached hydrogens (tertiary/aromatic N) is 7. The average Bonchev–Trinajstić information content (AvgIpc) is 3.40. The maximum Gasteiger partial charge on any atom is 0.410 e. The molecule has 2 amide bonds. The van der Waals surface area contributed by atoms with E-state index in [4.69, 9.17) is 47.1 Å². The third kappa shape index (κ3) is 8.10. The van der Waals surface area contributed by atoms with E-state index < -0.39 is 11.7 Å². The molecular weight excluding hydrogens is 698 g/mol. The number of carbonyl (C=O) groups excluding carboxylic acids is 2. The van der Waals surface area contributed by atoms with Gasteiger partial charge >= 0.3 is 12.1 Å². The number of benzene rings is 2. The summed E-state index contributed by atoms with van der Waals surface area (Å²) in [6, 6.07) is 11.6. The van der Waals surface area contributed by atoms with Crippen molar-refractivity contribution >= 4 is 45.9 Å². The first-order valence-electron chi connectivity index (χ1n) is 18.5. The van der Waals surface area contributed by atoms with Gasteiger partial charge in [0.1, 0.15) is 24.1 Å². The van der Waals surface area contributed by atoms with Gasteiger partial charge in [-0.05, 0) is 64.0 Å². The molecule has 3 saturated heterocycles. The highest BCUT2D eigenvalue weighted by Gasteiger charge is 2.41. The number of anilines is 2. The van der Waals surface area contributed by atoms with Gasteiger partial charge in [-0.25, -0.2) is 11.4 Å². The molecule has 4 aliphatic heterocycles.